The Morgan fingerprint density at radius 3 is 2.48 bits per heavy atom. The van der Waals surface area contributed by atoms with Crippen molar-refractivity contribution in [1.29, 1.82) is 0 Å². The highest BCUT2D eigenvalue weighted by molar-refractivity contribution is 5.83. The Bertz CT molecular complexity index is 354. The van der Waals surface area contributed by atoms with Crippen LogP contribution in [0.5, 0.6) is 0 Å². The van der Waals surface area contributed by atoms with Crippen LogP contribution in [-0.4, -0.2) is 62.4 Å². The fraction of sp³-hybridized carbons (Fsp3) is 0.727. The van der Waals surface area contributed by atoms with E-state index in [2.05, 4.69) is 20.1 Å². The molecule has 0 aliphatic carbocycles. The van der Waals surface area contributed by atoms with Crippen molar-refractivity contribution in [1.82, 2.24) is 10.6 Å². The number of esters is 1. The lowest BCUT2D eigenvalue weighted by Crippen LogP contribution is -2.47. The SMILES string of the molecule is COC(=O)CC[C@@H](NC(=O)NCCOCC(F)F)C(=O)O. The monoisotopic (exact) mass is 312 g/mol. The fourth-order valence-electron chi connectivity index (χ4n) is 1.24. The van der Waals surface area contributed by atoms with Gasteiger partial charge in [-0.15, -0.1) is 0 Å². The van der Waals surface area contributed by atoms with E-state index in [0.29, 0.717) is 0 Å². The predicted molar refractivity (Wildman–Crippen MR) is 66.0 cm³/mol. The third-order valence-electron chi connectivity index (χ3n) is 2.24. The number of urea groups is 1. The molecule has 2 amide bonds. The van der Waals surface area contributed by atoms with Gasteiger partial charge in [-0.1, -0.05) is 0 Å². The lowest BCUT2D eigenvalue weighted by atomic mass is 10.1. The second-order valence-electron chi connectivity index (χ2n) is 3.87. The van der Waals surface area contributed by atoms with Crippen LogP contribution in [0.3, 0.4) is 0 Å². The zero-order valence-corrected chi connectivity index (χ0v) is 11.4. The molecule has 0 saturated carbocycles. The number of methoxy groups -OCH3 is 1. The van der Waals surface area contributed by atoms with Gasteiger partial charge in [-0.25, -0.2) is 18.4 Å². The summed E-state index contributed by atoms with van der Waals surface area (Å²) in [5, 5.41) is 13.3. The van der Waals surface area contributed by atoms with Crippen LogP contribution in [0.1, 0.15) is 12.8 Å². The third kappa shape index (κ3) is 10.5. The molecule has 1 atom stereocenters. The maximum absolute atomic E-state index is 11.7. The molecular weight excluding hydrogens is 294 g/mol. The standard InChI is InChI=1S/C11H18F2N2O6/c1-20-9(16)3-2-7(10(17)18)15-11(19)14-4-5-21-6-8(12)13/h7-8H,2-6H2,1H3,(H,17,18)(H2,14,15,19)/t7-/m1/s1. The molecule has 0 aliphatic heterocycles. The van der Waals surface area contributed by atoms with Gasteiger partial charge in [0.25, 0.3) is 6.43 Å². The fourth-order valence-corrected chi connectivity index (χ4v) is 1.24. The molecule has 0 unspecified atom stereocenters. The minimum atomic E-state index is -2.59. The number of halogens is 2. The molecule has 0 radical (unpaired) electrons. The Morgan fingerprint density at radius 1 is 1.29 bits per heavy atom. The number of aliphatic carboxylic acids is 1. The summed E-state index contributed by atoms with van der Waals surface area (Å²) in [6.45, 7) is -0.917. The van der Waals surface area contributed by atoms with Gasteiger partial charge in [0.15, 0.2) is 0 Å². The number of carbonyl (C=O) groups is 3. The summed E-state index contributed by atoms with van der Waals surface area (Å²) in [5.41, 5.74) is 0. The normalized spacial score (nSPS) is 11.8. The smallest absolute Gasteiger partial charge is 0.326 e. The average molecular weight is 312 g/mol. The van der Waals surface area contributed by atoms with Crippen LogP contribution in [0, 0.1) is 0 Å². The van der Waals surface area contributed by atoms with E-state index in [-0.39, 0.29) is 26.0 Å². The quantitative estimate of drug-likeness (QED) is 0.386. The minimum absolute atomic E-state index is 0.0537. The molecule has 10 heteroatoms. The van der Waals surface area contributed by atoms with Gasteiger partial charge in [0.05, 0.1) is 13.7 Å². The van der Waals surface area contributed by atoms with E-state index < -0.39 is 37.0 Å². The first kappa shape index (κ1) is 19.0. The summed E-state index contributed by atoms with van der Waals surface area (Å²) in [6.07, 6.45) is -2.88. The highest BCUT2D eigenvalue weighted by atomic mass is 19.3. The molecule has 3 N–H and O–H groups in total. The summed E-state index contributed by atoms with van der Waals surface area (Å²) in [7, 11) is 1.16. The van der Waals surface area contributed by atoms with Gasteiger partial charge in [0, 0.05) is 13.0 Å². The van der Waals surface area contributed by atoms with Gasteiger partial charge in [-0.2, -0.15) is 0 Å². The van der Waals surface area contributed by atoms with Crippen LogP contribution in [0.15, 0.2) is 0 Å². The maximum atomic E-state index is 11.7. The molecule has 0 fully saturated rings. The van der Waals surface area contributed by atoms with Crippen molar-refractivity contribution in [3.8, 4) is 0 Å². The molecule has 0 saturated heterocycles. The van der Waals surface area contributed by atoms with E-state index in [1.54, 1.807) is 0 Å². The number of carboxylic acids is 1. The van der Waals surface area contributed by atoms with Crippen LogP contribution in [-0.2, 0) is 19.1 Å². The molecule has 122 valence electrons. The molecule has 0 spiro atoms. The van der Waals surface area contributed by atoms with Crippen LogP contribution in [0.25, 0.3) is 0 Å². The number of nitrogens with one attached hydrogen (secondary N) is 2. The Hall–Kier alpha value is -1.97. The number of hydrogen-bond acceptors (Lipinski definition) is 5. The zero-order valence-electron chi connectivity index (χ0n) is 11.4. The highest BCUT2D eigenvalue weighted by Gasteiger charge is 2.20. The number of rotatable bonds is 10. The van der Waals surface area contributed by atoms with Crippen molar-refractivity contribution in [2.45, 2.75) is 25.3 Å². The van der Waals surface area contributed by atoms with E-state index in [1.807, 2.05) is 0 Å². The Labute approximate surface area is 119 Å². The molecule has 0 aliphatic rings. The van der Waals surface area contributed by atoms with Crippen molar-refractivity contribution in [3.63, 3.8) is 0 Å². The Kier molecular flexibility index (Phi) is 9.76. The molecule has 0 bridgehead atoms. The van der Waals surface area contributed by atoms with Crippen LogP contribution >= 0.6 is 0 Å². The lowest BCUT2D eigenvalue weighted by molar-refractivity contribution is -0.142. The lowest BCUT2D eigenvalue weighted by Gasteiger charge is -2.14. The highest BCUT2D eigenvalue weighted by Crippen LogP contribution is 1.99. The average Bonchev–Trinajstić information content (AvgIpc) is 2.41. The first-order valence-corrected chi connectivity index (χ1v) is 6.06. The second-order valence-corrected chi connectivity index (χ2v) is 3.87. The van der Waals surface area contributed by atoms with Crippen molar-refractivity contribution < 1.29 is 37.7 Å². The van der Waals surface area contributed by atoms with E-state index in [4.69, 9.17) is 5.11 Å². The van der Waals surface area contributed by atoms with Crippen LogP contribution < -0.4 is 10.6 Å². The topological polar surface area (TPSA) is 114 Å². The van der Waals surface area contributed by atoms with Crippen molar-refractivity contribution in [2.24, 2.45) is 0 Å². The van der Waals surface area contributed by atoms with Crippen LogP contribution in [0.2, 0.25) is 0 Å². The maximum Gasteiger partial charge on any atom is 0.326 e. The number of amides is 2. The van der Waals surface area contributed by atoms with Gasteiger partial charge < -0.3 is 25.2 Å². The number of carboxylic acid groups (broad SMARTS) is 1. The predicted octanol–water partition coefficient (Wildman–Crippen LogP) is -0.0263. The minimum Gasteiger partial charge on any atom is -0.480 e. The van der Waals surface area contributed by atoms with Crippen molar-refractivity contribution in [2.75, 3.05) is 26.9 Å². The summed E-state index contributed by atoms with van der Waals surface area (Å²) >= 11 is 0. The summed E-state index contributed by atoms with van der Waals surface area (Å²) in [5.74, 6) is -1.90. The summed E-state index contributed by atoms with van der Waals surface area (Å²) in [6, 6.07) is -2.06. The van der Waals surface area contributed by atoms with Gasteiger partial charge in [-0.3, -0.25) is 4.79 Å². The Balaban J connectivity index is 3.95. The second kappa shape index (κ2) is 10.8. The van der Waals surface area contributed by atoms with Gasteiger partial charge in [-0.05, 0) is 6.42 Å². The molecule has 0 rings (SSSR count). The number of ether oxygens (including phenoxy) is 2. The van der Waals surface area contributed by atoms with Gasteiger partial charge in [0.2, 0.25) is 0 Å². The summed E-state index contributed by atoms with van der Waals surface area (Å²) < 4.78 is 32.3. The van der Waals surface area contributed by atoms with E-state index in [1.165, 1.54) is 0 Å². The molecule has 8 nitrogen and oxygen atoms in total. The van der Waals surface area contributed by atoms with Gasteiger partial charge >= 0.3 is 18.0 Å². The molecular formula is C11H18F2N2O6. The summed E-state index contributed by atoms with van der Waals surface area (Å²) in [4.78, 5) is 33.2. The Morgan fingerprint density at radius 2 is 1.95 bits per heavy atom. The first-order valence-electron chi connectivity index (χ1n) is 6.06. The number of hydrogen-bond donors (Lipinski definition) is 3. The molecule has 0 aromatic heterocycles. The molecule has 21 heavy (non-hydrogen) atoms. The molecule has 0 aromatic carbocycles. The third-order valence-corrected chi connectivity index (χ3v) is 2.24. The largest absolute Gasteiger partial charge is 0.480 e. The van der Waals surface area contributed by atoms with E-state index in [0.717, 1.165) is 7.11 Å². The van der Waals surface area contributed by atoms with Crippen molar-refractivity contribution >= 4 is 18.0 Å². The zero-order chi connectivity index (χ0) is 16.3. The number of alkyl halides is 2. The number of carbonyl (C=O) groups excluding carboxylic acids is 2. The van der Waals surface area contributed by atoms with Crippen LogP contribution in [0.4, 0.5) is 13.6 Å². The van der Waals surface area contributed by atoms with Gasteiger partial charge in [0.1, 0.15) is 12.6 Å². The van der Waals surface area contributed by atoms with E-state index in [9.17, 15) is 23.2 Å². The molecule has 0 heterocycles. The van der Waals surface area contributed by atoms with Crippen molar-refractivity contribution in [3.05, 3.63) is 0 Å². The van der Waals surface area contributed by atoms with E-state index >= 15 is 0 Å². The first-order chi connectivity index (χ1) is 9.86. The molecule has 0 aromatic rings.